The molecule has 0 amide bonds. The molecule has 4 nitrogen and oxygen atoms in total. The Morgan fingerprint density at radius 3 is 2.79 bits per heavy atom. The van der Waals surface area contributed by atoms with Crippen LogP contribution in [0.4, 0.5) is 5.13 Å². The zero-order chi connectivity index (χ0) is 13.7. The Labute approximate surface area is 117 Å². The van der Waals surface area contributed by atoms with Crippen LogP contribution in [0.2, 0.25) is 0 Å². The lowest BCUT2D eigenvalue weighted by Gasteiger charge is -2.19. The molecule has 0 aliphatic rings. The smallest absolute Gasteiger partial charge is 0.185 e. The van der Waals surface area contributed by atoms with E-state index in [4.69, 9.17) is 4.74 Å². The third kappa shape index (κ3) is 3.76. The van der Waals surface area contributed by atoms with Gasteiger partial charge in [-0.25, -0.2) is 4.98 Å². The van der Waals surface area contributed by atoms with Gasteiger partial charge in [0.2, 0.25) is 0 Å². The number of aliphatic hydroxyl groups excluding tert-OH is 1. The number of aliphatic hydroxyl groups is 1. The lowest BCUT2D eigenvalue weighted by atomic mass is 10.2. The summed E-state index contributed by atoms with van der Waals surface area (Å²) in [6.07, 6.45) is -0.501. The second-order valence-electron chi connectivity index (χ2n) is 4.37. The van der Waals surface area contributed by atoms with Crippen molar-refractivity contribution in [3.05, 3.63) is 35.7 Å². The van der Waals surface area contributed by atoms with Gasteiger partial charge in [0.15, 0.2) is 5.13 Å². The minimum Gasteiger partial charge on any atom is -0.389 e. The summed E-state index contributed by atoms with van der Waals surface area (Å²) >= 11 is 1.58. The molecule has 1 atom stereocenters. The molecule has 0 spiro atoms. The standard InChI is InChI=1S/C14H18N2O2S/c1-16(8-12(17)9-18-2)14-15-13(10-19-14)11-6-4-3-5-7-11/h3-7,10,12,17H,8-9H2,1-2H3. The molecular weight excluding hydrogens is 260 g/mol. The number of hydrogen-bond donors (Lipinski definition) is 1. The van der Waals surface area contributed by atoms with Gasteiger partial charge in [0.1, 0.15) is 0 Å². The molecule has 2 aromatic rings. The van der Waals surface area contributed by atoms with Crippen molar-refractivity contribution in [3.8, 4) is 11.3 Å². The molecule has 0 aliphatic carbocycles. The SMILES string of the molecule is COCC(O)CN(C)c1nc(-c2ccccc2)cs1. The predicted octanol–water partition coefficient (Wildman–Crippen LogP) is 2.25. The van der Waals surface area contributed by atoms with Crippen molar-refractivity contribution >= 4 is 16.5 Å². The largest absolute Gasteiger partial charge is 0.389 e. The van der Waals surface area contributed by atoms with Crippen LogP contribution in [-0.2, 0) is 4.74 Å². The number of methoxy groups -OCH3 is 1. The van der Waals surface area contributed by atoms with Gasteiger partial charge in [-0.3, -0.25) is 0 Å². The molecule has 0 radical (unpaired) electrons. The van der Waals surface area contributed by atoms with Crippen LogP contribution in [0.15, 0.2) is 35.7 Å². The van der Waals surface area contributed by atoms with E-state index in [0.717, 1.165) is 16.4 Å². The number of likely N-dealkylation sites (N-methyl/N-ethyl adjacent to an activating group) is 1. The predicted molar refractivity (Wildman–Crippen MR) is 78.7 cm³/mol. The Morgan fingerprint density at radius 2 is 2.11 bits per heavy atom. The minimum absolute atomic E-state index is 0.335. The summed E-state index contributed by atoms with van der Waals surface area (Å²) in [5, 5.41) is 12.6. The molecule has 0 aliphatic heterocycles. The van der Waals surface area contributed by atoms with Crippen LogP contribution in [0.25, 0.3) is 11.3 Å². The Hall–Kier alpha value is -1.43. The molecular formula is C14H18N2O2S. The van der Waals surface area contributed by atoms with E-state index >= 15 is 0 Å². The van der Waals surface area contributed by atoms with Gasteiger partial charge in [0.05, 0.1) is 18.4 Å². The molecule has 1 heterocycles. The van der Waals surface area contributed by atoms with Gasteiger partial charge < -0.3 is 14.7 Å². The van der Waals surface area contributed by atoms with E-state index in [0.29, 0.717) is 13.2 Å². The first-order valence-electron chi connectivity index (χ1n) is 6.10. The number of ether oxygens (including phenoxy) is 1. The topological polar surface area (TPSA) is 45.6 Å². The van der Waals surface area contributed by atoms with Gasteiger partial charge >= 0.3 is 0 Å². The van der Waals surface area contributed by atoms with Gasteiger partial charge in [0.25, 0.3) is 0 Å². The minimum atomic E-state index is -0.501. The molecule has 0 saturated heterocycles. The van der Waals surface area contributed by atoms with E-state index in [1.807, 2.05) is 47.7 Å². The maximum atomic E-state index is 9.71. The zero-order valence-corrected chi connectivity index (χ0v) is 11.9. The molecule has 1 N–H and O–H groups in total. The second kappa shape index (κ2) is 6.65. The normalized spacial score (nSPS) is 12.4. The first kappa shape index (κ1) is 14.0. The summed E-state index contributed by atoms with van der Waals surface area (Å²) < 4.78 is 4.92. The Morgan fingerprint density at radius 1 is 1.37 bits per heavy atom. The average molecular weight is 278 g/mol. The molecule has 1 aromatic carbocycles. The number of nitrogens with zero attached hydrogens (tertiary/aromatic N) is 2. The zero-order valence-electron chi connectivity index (χ0n) is 11.1. The quantitative estimate of drug-likeness (QED) is 0.880. The molecule has 1 aromatic heterocycles. The van der Waals surface area contributed by atoms with Crippen molar-refractivity contribution in [1.29, 1.82) is 0 Å². The summed E-state index contributed by atoms with van der Waals surface area (Å²) in [6.45, 7) is 0.844. The van der Waals surface area contributed by atoms with Gasteiger partial charge in [-0.1, -0.05) is 30.3 Å². The van der Waals surface area contributed by atoms with Crippen LogP contribution >= 0.6 is 11.3 Å². The van der Waals surface area contributed by atoms with Gasteiger partial charge in [0, 0.05) is 31.6 Å². The summed E-state index contributed by atoms with van der Waals surface area (Å²) in [5.74, 6) is 0. The number of aromatic nitrogens is 1. The fourth-order valence-corrected chi connectivity index (χ4v) is 2.63. The van der Waals surface area contributed by atoms with Crippen molar-refractivity contribution in [1.82, 2.24) is 4.98 Å². The molecule has 2 rings (SSSR count). The third-order valence-corrected chi connectivity index (χ3v) is 3.69. The Balaban J connectivity index is 2.04. The second-order valence-corrected chi connectivity index (χ2v) is 5.21. The highest BCUT2D eigenvalue weighted by molar-refractivity contribution is 7.14. The van der Waals surface area contributed by atoms with E-state index in [1.165, 1.54) is 0 Å². The highest BCUT2D eigenvalue weighted by atomic mass is 32.1. The first-order chi connectivity index (χ1) is 9.20. The third-order valence-electron chi connectivity index (χ3n) is 2.73. The van der Waals surface area contributed by atoms with Crippen LogP contribution in [-0.4, -0.2) is 43.5 Å². The average Bonchev–Trinajstić information content (AvgIpc) is 2.89. The highest BCUT2D eigenvalue weighted by Gasteiger charge is 2.12. The molecule has 0 fully saturated rings. The Kier molecular flexibility index (Phi) is 4.90. The Bertz CT molecular complexity index is 501. The summed E-state index contributed by atoms with van der Waals surface area (Å²) in [7, 11) is 3.51. The number of anilines is 1. The van der Waals surface area contributed by atoms with E-state index < -0.39 is 6.10 Å². The molecule has 1 unspecified atom stereocenters. The molecule has 5 heteroatoms. The van der Waals surface area contributed by atoms with Crippen molar-refractivity contribution in [2.45, 2.75) is 6.10 Å². The number of benzene rings is 1. The van der Waals surface area contributed by atoms with Gasteiger partial charge in [-0.15, -0.1) is 11.3 Å². The van der Waals surface area contributed by atoms with Crippen molar-refractivity contribution in [3.63, 3.8) is 0 Å². The van der Waals surface area contributed by atoms with Crippen LogP contribution in [0.3, 0.4) is 0 Å². The maximum absolute atomic E-state index is 9.71. The maximum Gasteiger partial charge on any atom is 0.185 e. The summed E-state index contributed by atoms with van der Waals surface area (Å²) in [5.41, 5.74) is 2.07. The first-order valence-corrected chi connectivity index (χ1v) is 6.97. The number of rotatable bonds is 6. The summed E-state index contributed by atoms with van der Waals surface area (Å²) in [6, 6.07) is 10.1. The molecule has 0 saturated carbocycles. The van der Waals surface area contributed by atoms with E-state index in [9.17, 15) is 5.11 Å². The molecule has 19 heavy (non-hydrogen) atoms. The summed E-state index contributed by atoms with van der Waals surface area (Å²) in [4.78, 5) is 6.53. The van der Waals surface area contributed by atoms with Gasteiger partial charge in [-0.05, 0) is 0 Å². The van der Waals surface area contributed by atoms with Crippen LogP contribution in [0.5, 0.6) is 0 Å². The fourth-order valence-electron chi connectivity index (χ4n) is 1.82. The van der Waals surface area contributed by atoms with Crippen LogP contribution in [0, 0.1) is 0 Å². The van der Waals surface area contributed by atoms with Crippen LogP contribution < -0.4 is 4.90 Å². The van der Waals surface area contributed by atoms with E-state index in [2.05, 4.69) is 4.98 Å². The van der Waals surface area contributed by atoms with E-state index in [1.54, 1.807) is 18.4 Å². The lowest BCUT2D eigenvalue weighted by Crippen LogP contribution is -2.31. The van der Waals surface area contributed by atoms with Crippen molar-refractivity contribution in [2.24, 2.45) is 0 Å². The number of thiazole rings is 1. The number of hydrogen-bond acceptors (Lipinski definition) is 5. The van der Waals surface area contributed by atoms with Crippen LogP contribution in [0.1, 0.15) is 0 Å². The monoisotopic (exact) mass is 278 g/mol. The molecule has 0 bridgehead atoms. The van der Waals surface area contributed by atoms with Gasteiger partial charge in [-0.2, -0.15) is 0 Å². The lowest BCUT2D eigenvalue weighted by molar-refractivity contribution is 0.0695. The van der Waals surface area contributed by atoms with Crippen molar-refractivity contribution < 1.29 is 9.84 Å². The van der Waals surface area contributed by atoms with Crippen molar-refractivity contribution in [2.75, 3.05) is 32.2 Å². The fraction of sp³-hybridized carbons (Fsp3) is 0.357. The molecule has 102 valence electrons. The van der Waals surface area contributed by atoms with E-state index in [-0.39, 0.29) is 0 Å². The highest BCUT2D eigenvalue weighted by Crippen LogP contribution is 2.26.